The normalized spacial score (nSPS) is 10.4. The van der Waals surface area contributed by atoms with Crippen molar-refractivity contribution in [1.82, 2.24) is 0 Å². The van der Waals surface area contributed by atoms with Gasteiger partial charge in [-0.1, -0.05) is 76.6 Å². The number of hydrogen-bond acceptors (Lipinski definition) is 8. The lowest BCUT2D eigenvalue weighted by Gasteiger charge is -2.06. The van der Waals surface area contributed by atoms with Gasteiger partial charge in [-0.25, -0.2) is 9.59 Å². The predicted molar refractivity (Wildman–Crippen MR) is 196 cm³/mol. The van der Waals surface area contributed by atoms with Crippen LogP contribution in [0.15, 0.2) is 119 Å². The fourth-order valence-electron chi connectivity index (χ4n) is 3.50. The number of esters is 2. The van der Waals surface area contributed by atoms with Crippen molar-refractivity contribution < 1.29 is 19.1 Å². The minimum Gasteiger partial charge on any atom is -0.463 e. The molecule has 236 valence electrons. The second-order valence-electron chi connectivity index (χ2n) is 9.15. The SMILES string of the molecule is CCOC(=O)/C=C/c1cc(Br)ccc1N.CCOC(=O)/C=C/c1cc(SCc2ccccc2)ccc1N.SCc1ccccc1. The highest BCUT2D eigenvalue weighted by molar-refractivity contribution is 9.10. The topological polar surface area (TPSA) is 105 Å². The van der Waals surface area contributed by atoms with E-state index < -0.39 is 0 Å². The summed E-state index contributed by atoms with van der Waals surface area (Å²) in [7, 11) is 0. The van der Waals surface area contributed by atoms with E-state index in [4.69, 9.17) is 20.9 Å². The zero-order valence-corrected chi connectivity index (χ0v) is 28.7. The zero-order valence-electron chi connectivity index (χ0n) is 25.4. The van der Waals surface area contributed by atoms with Gasteiger partial charge in [0.25, 0.3) is 0 Å². The van der Waals surface area contributed by atoms with Gasteiger partial charge >= 0.3 is 11.9 Å². The molecule has 0 aliphatic rings. The Morgan fingerprint density at radius 2 is 1.22 bits per heavy atom. The molecule has 0 heterocycles. The summed E-state index contributed by atoms with van der Waals surface area (Å²) in [6, 6.07) is 31.7. The number of nitrogens with two attached hydrogens (primary N) is 2. The van der Waals surface area contributed by atoms with Crippen LogP contribution in [0, 0.1) is 0 Å². The quantitative estimate of drug-likeness (QED) is 0.0498. The molecule has 0 aliphatic heterocycles. The second kappa shape index (κ2) is 21.7. The first-order valence-corrected chi connectivity index (χ1v) is 16.6. The molecule has 0 fully saturated rings. The van der Waals surface area contributed by atoms with Gasteiger partial charge in [0.05, 0.1) is 13.2 Å². The second-order valence-corrected chi connectivity index (χ2v) is 11.4. The molecule has 9 heteroatoms. The summed E-state index contributed by atoms with van der Waals surface area (Å²) < 4.78 is 10.5. The Kier molecular flexibility index (Phi) is 18.0. The molecule has 0 unspecified atom stereocenters. The number of rotatable bonds is 10. The molecule has 0 radical (unpaired) electrons. The largest absolute Gasteiger partial charge is 0.463 e. The highest BCUT2D eigenvalue weighted by Gasteiger charge is 2.02. The highest BCUT2D eigenvalue weighted by Crippen LogP contribution is 2.27. The third-order valence-electron chi connectivity index (χ3n) is 5.75. The molecule has 4 aromatic rings. The van der Waals surface area contributed by atoms with Crippen molar-refractivity contribution in [3.8, 4) is 0 Å². The Labute approximate surface area is 284 Å². The van der Waals surface area contributed by atoms with Crippen LogP contribution in [0.1, 0.15) is 36.1 Å². The molecule has 4 aromatic carbocycles. The van der Waals surface area contributed by atoms with Crippen molar-refractivity contribution in [2.45, 2.75) is 30.2 Å². The molecule has 0 bridgehead atoms. The van der Waals surface area contributed by atoms with Gasteiger partial charge in [-0.05, 0) is 84.7 Å². The van der Waals surface area contributed by atoms with Crippen molar-refractivity contribution in [1.29, 1.82) is 0 Å². The fourth-order valence-corrected chi connectivity index (χ4v) is 4.99. The Morgan fingerprint density at radius 3 is 1.71 bits per heavy atom. The Hall–Kier alpha value is -3.92. The van der Waals surface area contributed by atoms with E-state index in [2.05, 4.69) is 52.8 Å². The number of nitrogen functional groups attached to an aromatic ring is 2. The number of benzene rings is 4. The summed E-state index contributed by atoms with van der Waals surface area (Å²) in [5.74, 6) is 1.01. The first kappa shape index (κ1) is 37.3. The Balaban J connectivity index is 0.000000263. The standard InChI is InChI=1S/C18H19NO2S.C11H12BrNO2.C7H8S/c1-2-21-18(20)11-8-15-12-16(9-10-17(15)19)22-13-14-6-4-3-5-7-14;1-2-15-11(14)6-3-8-7-9(12)4-5-10(8)13;8-6-7-4-2-1-3-5-7/h3-12H,2,13,19H2,1H3;3-7H,2,13H2,1H3;1-5,8H,6H2/b11-8+;6-3+;. The molecular formula is C36H39BrN2O4S2. The number of carbonyl (C=O) groups excluding carboxylic acids is 2. The van der Waals surface area contributed by atoms with Gasteiger partial charge in [-0.15, -0.1) is 11.8 Å². The Bertz CT molecular complexity index is 1530. The van der Waals surface area contributed by atoms with Gasteiger partial charge in [0.15, 0.2) is 0 Å². The van der Waals surface area contributed by atoms with Crippen LogP contribution >= 0.6 is 40.3 Å². The number of anilines is 2. The summed E-state index contributed by atoms with van der Waals surface area (Å²) in [6.07, 6.45) is 6.10. The number of ether oxygens (including phenoxy) is 2. The molecule has 4 rings (SSSR count). The molecule has 6 nitrogen and oxygen atoms in total. The van der Waals surface area contributed by atoms with E-state index in [1.165, 1.54) is 23.3 Å². The monoisotopic (exact) mass is 706 g/mol. The minimum atomic E-state index is -0.364. The van der Waals surface area contributed by atoms with E-state index >= 15 is 0 Å². The molecule has 0 saturated carbocycles. The van der Waals surface area contributed by atoms with Crippen molar-refractivity contribution in [2.75, 3.05) is 24.7 Å². The van der Waals surface area contributed by atoms with Crippen LogP contribution in [0.2, 0.25) is 0 Å². The van der Waals surface area contributed by atoms with Crippen LogP contribution in [0.3, 0.4) is 0 Å². The van der Waals surface area contributed by atoms with Gasteiger partial charge in [-0.3, -0.25) is 0 Å². The van der Waals surface area contributed by atoms with Gasteiger partial charge in [0.1, 0.15) is 0 Å². The summed E-state index contributed by atoms with van der Waals surface area (Å²) in [5.41, 5.74) is 17.1. The molecule has 0 atom stereocenters. The molecule has 45 heavy (non-hydrogen) atoms. The fraction of sp³-hybridized carbons (Fsp3) is 0.167. The third kappa shape index (κ3) is 15.6. The van der Waals surface area contributed by atoms with Crippen LogP contribution in [0.4, 0.5) is 11.4 Å². The maximum Gasteiger partial charge on any atom is 0.330 e. The number of carbonyl (C=O) groups is 2. The maximum absolute atomic E-state index is 11.4. The van der Waals surface area contributed by atoms with Crippen molar-refractivity contribution in [2.24, 2.45) is 0 Å². The number of thiol groups is 1. The van der Waals surface area contributed by atoms with Crippen LogP contribution in [-0.2, 0) is 30.6 Å². The van der Waals surface area contributed by atoms with E-state index in [1.54, 1.807) is 43.8 Å². The molecule has 0 aromatic heterocycles. The summed E-state index contributed by atoms with van der Waals surface area (Å²) in [4.78, 5) is 23.5. The predicted octanol–water partition coefficient (Wildman–Crippen LogP) is 8.86. The minimum absolute atomic E-state index is 0.357. The van der Waals surface area contributed by atoms with Crippen molar-refractivity contribution >= 4 is 75.8 Å². The van der Waals surface area contributed by atoms with Crippen LogP contribution in [0.25, 0.3) is 12.2 Å². The van der Waals surface area contributed by atoms with Gasteiger partial charge < -0.3 is 20.9 Å². The number of hydrogen-bond donors (Lipinski definition) is 3. The first-order valence-electron chi connectivity index (χ1n) is 14.2. The highest BCUT2D eigenvalue weighted by atomic mass is 79.9. The van der Waals surface area contributed by atoms with E-state index in [-0.39, 0.29) is 11.9 Å². The average molecular weight is 708 g/mol. The zero-order chi connectivity index (χ0) is 32.9. The molecule has 0 amide bonds. The Morgan fingerprint density at radius 1 is 0.733 bits per heavy atom. The third-order valence-corrected chi connectivity index (χ3v) is 7.68. The van der Waals surface area contributed by atoms with Crippen LogP contribution in [0.5, 0.6) is 0 Å². The molecule has 0 aliphatic carbocycles. The average Bonchev–Trinajstić information content (AvgIpc) is 3.06. The van der Waals surface area contributed by atoms with Gasteiger partial charge in [0, 0.05) is 44.4 Å². The lowest BCUT2D eigenvalue weighted by molar-refractivity contribution is -0.138. The molecule has 4 N–H and O–H groups in total. The van der Waals surface area contributed by atoms with Crippen molar-refractivity contribution in [3.05, 3.63) is 136 Å². The van der Waals surface area contributed by atoms with E-state index in [1.807, 2.05) is 66.7 Å². The van der Waals surface area contributed by atoms with E-state index in [0.29, 0.717) is 24.6 Å². The lowest BCUT2D eigenvalue weighted by Crippen LogP contribution is -1.99. The molecule has 0 spiro atoms. The summed E-state index contributed by atoms with van der Waals surface area (Å²) in [5, 5.41) is 0. The smallest absolute Gasteiger partial charge is 0.330 e. The van der Waals surface area contributed by atoms with E-state index in [0.717, 1.165) is 32.0 Å². The van der Waals surface area contributed by atoms with E-state index in [9.17, 15) is 9.59 Å². The van der Waals surface area contributed by atoms with Gasteiger partial charge in [0.2, 0.25) is 0 Å². The number of halogens is 1. The van der Waals surface area contributed by atoms with Crippen LogP contribution < -0.4 is 11.5 Å². The summed E-state index contributed by atoms with van der Waals surface area (Å²) >= 11 is 9.17. The van der Waals surface area contributed by atoms with Crippen LogP contribution in [-0.4, -0.2) is 25.2 Å². The lowest BCUT2D eigenvalue weighted by atomic mass is 10.1. The maximum atomic E-state index is 11.4. The first-order chi connectivity index (χ1) is 21.7. The molecular weight excluding hydrogens is 668 g/mol. The van der Waals surface area contributed by atoms with Crippen molar-refractivity contribution in [3.63, 3.8) is 0 Å². The summed E-state index contributed by atoms with van der Waals surface area (Å²) in [6.45, 7) is 4.28. The van der Waals surface area contributed by atoms with Gasteiger partial charge in [-0.2, -0.15) is 12.6 Å². The molecule has 0 saturated heterocycles. The number of thioether (sulfide) groups is 1.